The summed E-state index contributed by atoms with van der Waals surface area (Å²) in [7, 11) is 0. The average Bonchev–Trinajstić information content (AvgIpc) is 3.50. The number of imidazole rings is 1. The molecule has 6 heterocycles. The Kier molecular flexibility index (Phi) is 5.63. The third kappa shape index (κ3) is 4.12. The lowest BCUT2D eigenvalue weighted by Gasteiger charge is -2.22. The maximum absolute atomic E-state index is 12.5. The van der Waals surface area contributed by atoms with Crippen LogP contribution in [0.15, 0.2) is 35.6 Å². The molecule has 1 N–H and O–H groups in total. The third-order valence-electron chi connectivity index (χ3n) is 6.51. The molecule has 0 amide bonds. The molecule has 2 aliphatic heterocycles. The van der Waals surface area contributed by atoms with Crippen molar-refractivity contribution in [3.63, 3.8) is 0 Å². The molecule has 2 aliphatic rings. The Morgan fingerprint density at radius 2 is 1.91 bits per heavy atom. The van der Waals surface area contributed by atoms with Crippen LogP contribution in [0.5, 0.6) is 0 Å². The number of hydrogen-bond donors (Lipinski definition) is 1. The molecule has 0 bridgehead atoms. The summed E-state index contributed by atoms with van der Waals surface area (Å²) in [6, 6.07) is 3.79. The second-order valence-electron chi connectivity index (χ2n) is 8.83. The van der Waals surface area contributed by atoms with Crippen LogP contribution in [0.2, 0.25) is 0 Å². The highest BCUT2D eigenvalue weighted by Gasteiger charge is 2.20. The fraction of sp³-hybridized carbons (Fsp3) is 0.478. The molecule has 11 nitrogen and oxygen atoms in total. The Morgan fingerprint density at radius 3 is 2.71 bits per heavy atom. The van der Waals surface area contributed by atoms with Gasteiger partial charge in [0.15, 0.2) is 23.3 Å². The number of fused-ring (bicyclic) bond motifs is 1. The number of aromatic nitrogens is 8. The molecule has 2 saturated heterocycles. The number of nitrogens with one attached hydrogen (secondary N) is 1. The predicted molar refractivity (Wildman–Crippen MR) is 123 cm³/mol. The zero-order chi connectivity index (χ0) is 22.9. The minimum absolute atomic E-state index is 0.0589. The van der Waals surface area contributed by atoms with Gasteiger partial charge in [0, 0.05) is 38.1 Å². The van der Waals surface area contributed by atoms with Crippen molar-refractivity contribution in [2.24, 2.45) is 5.92 Å². The van der Waals surface area contributed by atoms with Gasteiger partial charge in [-0.1, -0.05) is 0 Å². The van der Waals surface area contributed by atoms with Gasteiger partial charge in [0.1, 0.15) is 12.0 Å². The molecule has 4 aromatic heterocycles. The molecule has 0 spiro atoms. The zero-order valence-corrected chi connectivity index (χ0v) is 18.8. The summed E-state index contributed by atoms with van der Waals surface area (Å²) in [4.78, 5) is 33.5. The van der Waals surface area contributed by atoms with Gasteiger partial charge in [-0.3, -0.25) is 14.5 Å². The first kappa shape index (κ1) is 21.1. The van der Waals surface area contributed by atoms with E-state index in [4.69, 9.17) is 14.5 Å². The normalized spacial score (nSPS) is 19.6. The summed E-state index contributed by atoms with van der Waals surface area (Å²) in [6.07, 6.45) is 10.1. The van der Waals surface area contributed by atoms with E-state index in [1.165, 1.54) is 0 Å². The lowest BCUT2D eigenvalue weighted by molar-refractivity contribution is -0.0395. The summed E-state index contributed by atoms with van der Waals surface area (Å²) < 4.78 is 14.7. The first-order valence-corrected chi connectivity index (χ1v) is 11.8. The quantitative estimate of drug-likeness (QED) is 0.480. The molecular formula is C23H26N8O3. The van der Waals surface area contributed by atoms with Crippen LogP contribution in [0, 0.1) is 5.92 Å². The van der Waals surface area contributed by atoms with Gasteiger partial charge in [-0.25, -0.2) is 24.4 Å². The highest BCUT2D eigenvalue weighted by molar-refractivity contribution is 5.71. The van der Waals surface area contributed by atoms with Crippen molar-refractivity contribution in [2.75, 3.05) is 19.8 Å². The summed E-state index contributed by atoms with van der Waals surface area (Å²) >= 11 is 0. The van der Waals surface area contributed by atoms with Gasteiger partial charge < -0.3 is 9.47 Å². The van der Waals surface area contributed by atoms with E-state index in [2.05, 4.69) is 25.0 Å². The van der Waals surface area contributed by atoms with Gasteiger partial charge in [-0.2, -0.15) is 0 Å². The third-order valence-corrected chi connectivity index (χ3v) is 6.51. The van der Waals surface area contributed by atoms with Crippen LogP contribution in [-0.2, 0) is 16.0 Å². The minimum atomic E-state index is -0.185. The van der Waals surface area contributed by atoms with E-state index < -0.39 is 0 Å². The second-order valence-corrected chi connectivity index (χ2v) is 8.83. The van der Waals surface area contributed by atoms with E-state index in [-0.39, 0.29) is 11.9 Å². The maximum Gasteiger partial charge on any atom is 0.328 e. The summed E-state index contributed by atoms with van der Waals surface area (Å²) in [5, 5.41) is 4.56. The van der Waals surface area contributed by atoms with Crippen LogP contribution in [0.4, 0.5) is 0 Å². The minimum Gasteiger partial charge on any atom is -0.381 e. The second kappa shape index (κ2) is 9.07. The number of hydrogen-bond acceptors (Lipinski definition) is 8. The molecule has 4 aromatic rings. The van der Waals surface area contributed by atoms with Gasteiger partial charge in [0.2, 0.25) is 0 Å². The van der Waals surface area contributed by atoms with E-state index in [1.54, 1.807) is 28.0 Å². The Morgan fingerprint density at radius 1 is 1.00 bits per heavy atom. The number of ether oxygens (including phenoxy) is 2. The Balaban J connectivity index is 1.25. The standard InChI is InChI=1S/C23H26N8O3/c32-23-28-21-22(30(23)13-15-6-9-33-10-7-15)27-18(12-25-21)16-4-5-17(24-11-16)20-26-14-31(29-20)19-3-1-2-8-34-19/h4-5,11-12,14-15,19H,1-3,6-10,13H2,(H,25,28,32). The number of H-pyrrole nitrogens is 1. The number of aromatic amines is 1. The molecule has 0 saturated carbocycles. The van der Waals surface area contributed by atoms with Gasteiger partial charge >= 0.3 is 5.69 Å². The fourth-order valence-corrected chi connectivity index (χ4v) is 4.56. The number of pyridine rings is 1. The van der Waals surface area contributed by atoms with Crippen molar-refractivity contribution in [2.45, 2.75) is 44.9 Å². The summed E-state index contributed by atoms with van der Waals surface area (Å²) in [5.74, 6) is 0.946. The van der Waals surface area contributed by atoms with E-state index in [9.17, 15) is 4.79 Å². The predicted octanol–water partition coefficient (Wildman–Crippen LogP) is 2.57. The molecular weight excluding hydrogens is 436 g/mol. The molecule has 2 fully saturated rings. The Labute approximate surface area is 195 Å². The van der Waals surface area contributed by atoms with E-state index in [1.807, 2.05) is 12.1 Å². The van der Waals surface area contributed by atoms with Crippen molar-refractivity contribution >= 4 is 11.3 Å². The van der Waals surface area contributed by atoms with E-state index in [0.717, 1.165) is 57.5 Å². The van der Waals surface area contributed by atoms with Crippen molar-refractivity contribution in [3.8, 4) is 22.8 Å². The monoisotopic (exact) mass is 462 g/mol. The van der Waals surface area contributed by atoms with Gasteiger partial charge in [0.25, 0.3) is 0 Å². The fourth-order valence-electron chi connectivity index (χ4n) is 4.56. The highest BCUT2D eigenvalue weighted by Crippen LogP contribution is 2.24. The topological polar surface area (TPSA) is 126 Å². The van der Waals surface area contributed by atoms with Crippen LogP contribution in [0.25, 0.3) is 34.1 Å². The summed E-state index contributed by atoms with van der Waals surface area (Å²) in [5.41, 5.74) is 3.00. The van der Waals surface area contributed by atoms with E-state index >= 15 is 0 Å². The molecule has 11 heteroatoms. The van der Waals surface area contributed by atoms with Gasteiger partial charge in [-0.15, -0.1) is 5.10 Å². The Hall–Kier alpha value is -3.44. The molecule has 1 unspecified atom stereocenters. The molecule has 176 valence electrons. The molecule has 34 heavy (non-hydrogen) atoms. The summed E-state index contributed by atoms with van der Waals surface area (Å²) in [6.45, 7) is 2.83. The molecule has 0 aliphatic carbocycles. The first-order valence-electron chi connectivity index (χ1n) is 11.8. The average molecular weight is 463 g/mol. The van der Waals surface area contributed by atoms with Gasteiger partial charge in [0.05, 0.1) is 11.9 Å². The largest absolute Gasteiger partial charge is 0.381 e. The lowest BCUT2D eigenvalue weighted by atomic mass is 10.0. The van der Waals surface area contributed by atoms with E-state index in [0.29, 0.717) is 41.0 Å². The number of nitrogens with zero attached hydrogens (tertiary/aromatic N) is 7. The lowest BCUT2D eigenvalue weighted by Crippen LogP contribution is -2.26. The zero-order valence-electron chi connectivity index (χ0n) is 18.8. The smallest absolute Gasteiger partial charge is 0.328 e. The molecule has 0 radical (unpaired) electrons. The van der Waals surface area contributed by atoms with Gasteiger partial charge in [-0.05, 0) is 50.2 Å². The van der Waals surface area contributed by atoms with Crippen molar-refractivity contribution in [1.82, 2.24) is 39.3 Å². The number of rotatable bonds is 5. The maximum atomic E-state index is 12.5. The SMILES string of the molecule is O=c1[nH]c2ncc(-c3ccc(-c4ncn(C5CCCCO5)n4)nc3)nc2n1CC1CCOCC1. The van der Waals surface area contributed by atoms with Crippen molar-refractivity contribution in [1.29, 1.82) is 0 Å². The van der Waals surface area contributed by atoms with Crippen LogP contribution in [-0.4, -0.2) is 59.1 Å². The highest BCUT2D eigenvalue weighted by atomic mass is 16.5. The van der Waals surface area contributed by atoms with Crippen LogP contribution >= 0.6 is 0 Å². The molecule has 6 rings (SSSR count). The van der Waals surface area contributed by atoms with Crippen LogP contribution in [0.3, 0.4) is 0 Å². The first-order chi connectivity index (χ1) is 16.7. The van der Waals surface area contributed by atoms with Crippen molar-refractivity contribution in [3.05, 3.63) is 41.3 Å². The Bertz CT molecular complexity index is 1330. The van der Waals surface area contributed by atoms with Crippen molar-refractivity contribution < 1.29 is 9.47 Å². The molecule has 0 aromatic carbocycles. The molecule has 1 atom stereocenters. The van der Waals surface area contributed by atoms with Crippen LogP contribution < -0.4 is 5.69 Å². The van der Waals surface area contributed by atoms with Crippen LogP contribution in [0.1, 0.15) is 38.3 Å².